The Morgan fingerprint density at radius 3 is 2.79 bits per heavy atom. The third-order valence-electron chi connectivity index (χ3n) is 2.25. The molecular formula is C12H11Br2N3OS. The normalized spacial score (nSPS) is 10.9. The highest BCUT2D eigenvalue weighted by Gasteiger charge is 2.05. The van der Waals surface area contributed by atoms with Crippen LogP contribution in [0.5, 0.6) is 5.75 Å². The Bertz CT molecular complexity index is 613. The number of benzene rings is 1. The van der Waals surface area contributed by atoms with Gasteiger partial charge in [-0.05, 0) is 35.0 Å². The summed E-state index contributed by atoms with van der Waals surface area (Å²) < 4.78 is 7.07. The van der Waals surface area contributed by atoms with Crippen LogP contribution in [0.3, 0.4) is 0 Å². The number of aromatic nitrogens is 1. The standard InChI is InChI=1S/C12H11Br2N3OS/c1-7-6-19-12(16-7)17-15-5-8-3-11(18-2)10(14)4-9(8)13/h3-6H,1-2H3,(H,16,17). The van der Waals surface area contributed by atoms with Gasteiger partial charge in [0.15, 0.2) is 0 Å². The number of ether oxygens (including phenoxy) is 1. The van der Waals surface area contributed by atoms with Crippen LogP contribution in [0, 0.1) is 6.92 Å². The minimum atomic E-state index is 0.759. The number of hydrogen-bond donors (Lipinski definition) is 1. The van der Waals surface area contributed by atoms with E-state index in [1.807, 2.05) is 24.4 Å². The summed E-state index contributed by atoms with van der Waals surface area (Å²) in [6.45, 7) is 1.95. The van der Waals surface area contributed by atoms with Crippen molar-refractivity contribution in [3.63, 3.8) is 0 Å². The van der Waals surface area contributed by atoms with Crippen molar-refractivity contribution in [2.24, 2.45) is 5.10 Å². The fourth-order valence-electron chi connectivity index (χ4n) is 1.36. The highest BCUT2D eigenvalue weighted by atomic mass is 79.9. The average molecular weight is 405 g/mol. The molecule has 1 aromatic carbocycles. The Balaban J connectivity index is 2.14. The van der Waals surface area contributed by atoms with Gasteiger partial charge in [-0.2, -0.15) is 5.10 Å². The van der Waals surface area contributed by atoms with Crippen LogP contribution in [0.1, 0.15) is 11.3 Å². The summed E-state index contributed by atoms with van der Waals surface area (Å²) in [5.74, 6) is 0.759. The number of aryl methyl sites for hydroxylation is 1. The molecule has 19 heavy (non-hydrogen) atoms. The van der Waals surface area contributed by atoms with Crippen LogP contribution in [0.15, 0.2) is 31.6 Å². The molecule has 0 atom stereocenters. The van der Waals surface area contributed by atoms with E-state index in [4.69, 9.17) is 4.74 Å². The molecule has 0 bridgehead atoms. The minimum Gasteiger partial charge on any atom is -0.496 e. The lowest BCUT2D eigenvalue weighted by Gasteiger charge is -2.06. The molecule has 100 valence electrons. The Morgan fingerprint density at radius 2 is 2.16 bits per heavy atom. The summed E-state index contributed by atoms with van der Waals surface area (Å²) in [4.78, 5) is 4.26. The zero-order chi connectivity index (χ0) is 13.8. The molecule has 0 saturated heterocycles. The Kier molecular flexibility index (Phi) is 4.95. The fourth-order valence-corrected chi connectivity index (χ4v) is 3.26. The predicted octanol–water partition coefficient (Wildman–Crippen LogP) is 4.43. The van der Waals surface area contributed by atoms with Crippen molar-refractivity contribution < 1.29 is 4.74 Å². The van der Waals surface area contributed by atoms with Crippen LogP contribution in [0.4, 0.5) is 5.13 Å². The van der Waals surface area contributed by atoms with E-state index in [0.717, 1.165) is 31.1 Å². The van der Waals surface area contributed by atoms with Crippen molar-refractivity contribution in [2.75, 3.05) is 12.5 Å². The van der Waals surface area contributed by atoms with Gasteiger partial charge in [0.1, 0.15) is 5.75 Å². The van der Waals surface area contributed by atoms with E-state index in [0.29, 0.717) is 0 Å². The van der Waals surface area contributed by atoms with Gasteiger partial charge >= 0.3 is 0 Å². The van der Waals surface area contributed by atoms with Crippen molar-refractivity contribution in [2.45, 2.75) is 6.92 Å². The molecule has 4 nitrogen and oxygen atoms in total. The second-order valence-corrected chi connectivity index (χ2v) is 6.24. The Morgan fingerprint density at radius 1 is 1.37 bits per heavy atom. The number of hydrogen-bond acceptors (Lipinski definition) is 5. The lowest BCUT2D eigenvalue weighted by molar-refractivity contribution is 0.412. The molecule has 0 radical (unpaired) electrons. The number of halogens is 2. The summed E-state index contributed by atoms with van der Waals surface area (Å²) >= 11 is 8.43. The maximum Gasteiger partial charge on any atom is 0.203 e. The highest BCUT2D eigenvalue weighted by Crippen LogP contribution is 2.30. The molecule has 0 amide bonds. The lowest BCUT2D eigenvalue weighted by Crippen LogP contribution is -1.93. The number of nitrogens with zero attached hydrogens (tertiary/aromatic N) is 2. The number of anilines is 1. The number of nitrogens with one attached hydrogen (secondary N) is 1. The average Bonchev–Trinajstić information content (AvgIpc) is 2.78. The number of methoxy groups -OCH3 is 1. The van der Waals surface area contributed by atoms with E-state index >= 15 is 0 Å². The molecule has 1 N–H and O–H groups in total. The molecule has 0 unspecified atom stereocenters. The van der Waals surface area contributed by atoms with Gasteiger partial charge in [-0.3, -0.25) is 5.43 Å². The van der Waals surface area contributed by atoms with Gasteiger partial charge in [-0.25, -0.2) is 4.98 Å². The topological polar surface area (TPSA) is 46.5 Å². The van der Waals surface area contributed by atoms with Crippen LogP contribution in [0.2, 0.25) is 0 Å². The molecule has 0 aliphatic rings. The smallest absolute Gasteiger partial charge is 0.203 e. The number of hydrazone groups is 1. The van der Waals surface area contributed by atoms with Gasteiger partial charge in [0.25, 0.3) is 0 Å². The molecule has 2 aromatic rings. The zero-order valence-corrected chi connectivity index (χ0v) is 14.3. The maximum atomic E-state index is 5.25. The largest absolute Gasteiger partial charge is 0.496 e. The first-order valence-electron chi connectivity index (χ1n) is 5.34. The Labute approximate surface area is 132 Å². The summed E-state index contributed by atoms with van der Waals surface area (Å²) in [5.41, 5.74) is 4.79. The first-order chi connectivity index (χ1) is 9.10. The highest BCUT2D eigenvalue weighted by molar-refractivity contribution is 9.11. The molecule has 0 aliphatic carbocycles. The Hall–Kier alpha value is -0.920. The van der Waals surface area contributed by atoms with E-state index < -0.39 is 0 Å². The quantitative estimate of drug-likeness (QED) is 0.605. The minimum absolute atomic E-state index is 0.759. The number of thiazole rings is 1. The van der Waals surface area contributed by atoms with Gasteiger partial charge in [0, 0.05) is 15.4 Å². The molecule has 1 heterocycles. The summed E-state index contributed by atoms with van der Waals surface area (Å²) in [7, 11) is 1.63. The summed E-state index contributed by atoms with van der Waals surface area (Å²) in [6.07, 6.45) is 1.72. The molecule has 2 rings (SSSR count). The second kappa shape index (κ2) is 6.49. The fraction of sp³-hybridized carbons (Fsp3) is 0.167. The monoisotopic (exact) mass is 403 g/mol. The van der Waals surface area contributed by atoms with Gasteiger partial charge in [0.05, 0.1) is 23.5 Å². The van der Waals surface area contributed by atoms with Crippen molar-refractivity contribution in [3.8, 4) is 5.75 Å². The SMILES string of the molecule is COc1cc(C=NNc2nc(C)cs2)c(Br)cc1Br. The lowest BCUT2D eigenvalue weighted by atomic mass is 10.2. The molecule has 0 fully saturated rings. The maximum absolute atomic E-state index is 5.25. The van der Waals surface area contributed by atoms with Crippen LogP contribution in [-0.2, 0) is 0 Å². The van der Waals surface area contributed by atoms with Crippen molar-refractivity contribution >= 4 is 54.5 Å². The second-order valence-electron chi connectivity index (χ2n) is 3.67. The van der Waals surface area contributed by atoms with E-state index in [2.05, 4.69) is 47.4 Å². The van der Waals surface area contributed by atoms with E-state index in [9.17, 15) is 0 Å². The first kappa shape index (κ1) is 14.5. The molecule has 0 saturated carbocycles. The van der Waals surface area contributed by atoms with E-state index in [-0.39, 0.29) is 0 Å². The molecular weight excluding hydrogens is 394 g/mol. The van der Waals surface area contributed by atoms with Crippen LogP contribution >= 0.6 is 43.2 Å². The zero-order valence-electron chi connectivity index (χ0n) is 10.3. The number of rotatable bonds is 4. The molecule has 1 aromatic heterocycles. The van der Waals surface area contributed by atoms with Gasteiger partial charge in [-0.1, -0.05) is 15.9 Å². The summed E-state index contributed by atoms with van der Waals surface area (Å²) in [6, 6.07) is 3.82. The van der Waals surface area contributed by atoms with Crippen molar-refractivity contribution in [1.82, 2.24) is 4.98 Å². The van der Waals surface area contributed by atoms with Crippen LogP contribution < -0.4 is 10.2 Å². The van der Waals surface area contributed by atoms with Crippen molar-refractivity contribution in [3.05, 3.63) is 37.7 Å². The molecule has 0 aliphatic heterocycles. The van der Waals surface area contributed by atoms with Gasteiger partial charge < -0.3 is 4.74 Å². The van der Waals surface area contributed by atoms with Crippen LogP contribution in [-0.4, -0.2) is 18.3 Å². The van der Waals surface area contributed by atoms with Gasteiger partial charge in [-0.15, -0.1) is 11.3 Å². The predicted molar refractivity (Wildman–Crippen MR) is 86.5 cm³/mol. The van der Waals surface area contributed by atoms with E-state index in [1.165, 1.54) is 11.3 Å². The summed E-state index contributed by atoms with van der Waals surface area (Å²) in [5, 5.41) is 6.90. The van der Waals surface area contributed by atoms with Crippen LogP contribution in [0.25, 0.3) is 0 Å². The van der Waals surface area contributed by atoms with Gasteiger partial charge in [0.2, 0.25) is 5.13 Å². The molecule has 7 heteroatoms. The first-order valence-corrected chi connectivity index (χ1v) is 7.81. The third-order valence-corrected chi connectivity index (χ3v) is 4.43. The van der Waals surface area contributed by atoms with Crippen molar-refractivity contribution in [1.29, 1.82) is 0 Å². The molecule has 0 spiro atoms. The van der Waals surface area contributed by atoms with E-state index in [1.54, 1.807) is 13.3 Å². The third kappa shape index (κ3) is 3.77.